The largest absolute Gasteiger partial charge is 0.480 e. The van der Waals surface area contributed by atoms with E-state index < -0.39 is 11.5 Å². The van der Waals surface area contributed by atoms with Crippen LogP contribution in [0.2, 0.25) is 0 Å². The number of ether oxygens (including phenoxy) is 2. The Labute approximate surface area is 110 Å². The number of hydrogen-bond donors (Lipinski definition) is 2. The maximum Gasteiger partial charge on any atom is 0.325 e. The summed E-state index contributed by atoms with van der Waals surface area (Å²) in [5.41, 5.74) is 5.80. The van der Waals surface area contributed by atoms with Gasteiger partial charge in [0.2, 0.25) is 6.79 Å². The quantitative estimate of drug-likeness (QED) is 0.822. The number of nitrogens with two attached hydrogens (primary N) is 1. The molecular weight excluding hydrogens is 248 g/mol. The van der Waals surface area contributed by atoms with Gasteiger partial charge in [-0.1, -0.05) is 6.07 Å². The van der Waals surface area contributed by atoms with Gasteiger partial charge < -0.3 is 20.3 Å². The Morgan fingerprint density at radius 2 is 2.21 bits per heavy atom. The normalized spacial score (nSPS) is 25.7. The van der Waals surface area contributed by atoms with E-state index in [9.17, 15) is 4.79 Å². The van der Waals surface area contributed by atoms with Crippen LogP contribution in [0.5, 0.6) is 11.5 Å². The van der Waals surface area contributed by atoms with Gasteiger partial charge in [-0.15, -0.1) is 0 Å². The van der Waals surface area contributed by atoms with Crippen molar-refractivity contribution in [2.24, 2.45) is 5.73 Å². The molecule has 2 aliphatic heterocycles. The minimum absolute atomic E-state index is 0.257. The molecule has 2 heterocycles. The lowest BCUT2D eigenvalue weighted by atomic mass is 10.0. The van der Waals surface area contributed by atoms with Crippen LogP contribution in [0.15, 0.2) is 18.2 Å². The van der Waals surface area contributed by atoms with E-state index in [-0.39, 0.29) is 6.79 Å². The Kier molecular flexibility index (Phi) is 2.83. The second kappa shape index (κ2) is 4.40. The van der Waals surface area contributed by atoms with Crippen molar-refractivity contribution in [1.29, 1.82) is 0 Å². The predicted molar refractivity (Wildman–Crippen MR) is 67.0 cm³/mol. The zero-order valence-corrected chi connectivity index (χ0v) is 10.5. The highest BCUT2D eigenvalue weighted by molar-refractivity contribution is 5.79. The topological polar surface area (TPSA) is 85.0 Å². The lowest BCUT2D eigenvalue weighted by Gasteiger charge is -2.20. The summed E-state index contributed by atoms with van der Waals surface area (Å²) >= 11 is 0. The van der Waals surface area contributed by atoms with Gasteiger partial charge in [-0.3, -0.25) is 9.69 Å². The Morgan fingerprint density at radius 3 is 2.95 bits per heavy atom. The van der Waals surface area contributed by atoms with Gasteiger partial charge in [0, 0.05) is 19.6 Å². The number of benzene rings is 1. The van der Waals surface area contributed by atoms with E-state index in [0.29, 0.717) is 26.1 Å². The summed E-state index contributed by atoms with van der Waals surface area (Å²) < 4.78 is 10.6. The fraction of sp³-hybridized carbons (Fsp3) is 0.462. The molecule has 0 aromatic heterocycles. The summed E-state index contributed by atoms with van der Waals surface area (Å²) in [6.07, 6.45) is 0.479. The zero-order chi connectivity index (χ0) is 13.5. The second-order valence-electron chi connectivity index (χ2n) is 5.11. The van der Waals surface area contributed by atoms with Crippen molar-refractivity contribution in [3.05, 3.63) is 23.8 Å². The summed E-state index contributed by atoms with van der Waals surface area (Å²) in [7, 11) is 0. The third kappa shape index (κ3) is 2.24. The average molecular weight is 264 g/mol. The average Bonchev–Trinajstić information content (AvgIpc) is 2.96. The molecule has 0 spiro atoms. The van der Waals surface area contributed by atoms with Crippen molar-refractivity contribution < 1.29 is 19.4 Å². The first-order valence-electron chi connectivity index (χ1n) is 6.20. The molecule has 6 heteroatoms. The molecule has 1 unspecified atom stereocenters. The number of rotatable bonds is 3. The molecule has 3 N–H and O–H groups in total. The van der Waals surface area contributed by atoms with Gasteiger partial charge in [-0.25, -0.2) is 0 Å². The monoisotopic (exact) mass is 264 g/mol. The zero-order valence-electron chi connectivity index (χ0n) is 10.5. The van der Waals surface area contributed by atoms with Gasteiger partial charge in [0.1, 0.15) is 5.54 Å². The van der Waals surface area contributed by atoms with Crippen molar-refractivity contribution in [1.82, 2.24) is 4.90 Å². The first-order valence-corrected chi connectivity index (χ1v) is 6.20. The molecule has 0 aliphatic carbocycles. The van der Waals surface area contributed by atoms with Crippen LogP contribution < -0.4 is 15.2 Å². The molecule has 0 bridgehead atoms. The molecule has 1 aromatic carbocycles. The highest BCUT2D eigenvalue weighted by Crippen LogP contribution is 2.33. The van der Waals surface area contributed by atoms with Crippen molar-refractivity contribution in [3.63, 3.8) is 0 Å². The summed E-state index contributed by atoms with van der Waals surface area (Å²) in [4.78, 5) is 13.1. The van der Waals surface area contributed by atoms with E-state index in [4.69, 9.17) is 20.3 Å². The lowest BCUT2D eigenvalue weighted by molar-refractivity contribution is -0.142. The van der Waals surface area contributed by atoms with Gasteiger partial charge in [0.15, 0.2) is 11.5 Å². The fourth-order valence-corrected chi connectivity index (χ4v) is 2.52. The number of likely N-dealkylation sites (tertiary alicyclic amines) is 1. The van der Waals surface area contributed by atoms with Crippen molar-refractivity contribution in [2.75, 3.05) is 19.9 Å². The van der Waals surface area contributed by atoms with Gasteiger partial charge in [-0.2, -0.15) is 0 Å². The smallest absolute Gasteiger partial charge is 0.325 e. The number of nitrogens with zero attached hydrogens (tertiary/aromatic N) is 1. The van der Waals surface area contributed by atoms with E-state index >= 15 is 0 Å². The molecule has 2 aliphatic rings. The van der Waals surface area contributed by atoms with Crippen LogP contribution in [0.1, 0.15) is 12.0 Å². The van der Waals surface area contributed by atoms with Crippen molar-refractivity contribution >= 4 is 5.97 Å². The van der Waals surface area contributed by atoms with Gasteiger partial charge in [-0.05, 0) is 24.1 Å². The molecule has 1 fully saturated rings. The Bertz CT molecular complexity index is 519. The molecule has 6 nitrogen and oxygen atoms in total. The molecule has 0 radical (unpaired) electrons. The van der Waals surface area contributed by atoms with E-state index in [1.54, 1.807) is 0 Å². The molecule has 0 amide bonds. The Hall–Kier alpha value is -1.79. The minimum atomic E-state index is -1.11. The number of carbonyl (C=O) groups is 1. The summed E-state index contributed by atoms with van der Waals surface area (Å²) in [6, 6.07) is 5.77. The Morgan fingerprint density at radius 1 is 1.42 bits per heavy atom. The minimum Gasteiger partial charge on any atom is -0.480 e. The maximum atomic E-state index is 11.1. The highest BCUT2D eigenvalue weighted by Gasteiger charge is 2.41. The molecule has 1 saturated heterocycles. The molecule has 3 rings (SSSR count). The lowest BCUT2D eigenvalue weighted by Crippen LogP contribution is -2.50. The van der Waals surface area contributed by atoms with Crippen LogP contribution in [0, 0.1) is 0 Å². The van der Waals surface area contributed by atoms with Gasteiger partial charge in [0.25, 0.3) is 0 Å². The number of hydrogen-bond acceptors (Lipinski definition) is 5. The van der Waals surface area contributed by atoms with Crippen LogP contribution >= 0.6 is 0 Å². The standard InChI is InChI=1S/C13H16N2O4/c14-13(12(16)17)3-4-15(7-13)6-9-1-2-10-11(5-9)19-8-18-10/h1-2,5H,3-4,6-8,14H2,(H,16,17). The van der Waals surface area contributed by atoms with Crippen LogP contribution in [-0.4, -0.2) is 41.4 Å². The molecule has 1 aromatic rings. The summed E-state index contributed by atoms with van der Waals surface area (Å²) in [5, 5.41) is 9.10. The fourth-order valence-electron chi connectivity index (χ4n) is 2.52. The van der Waals surface area contributed by atoms with E-state index in [1.807, 2.05) is 23.1 Å². The van der Waals surface area contributed by atoms with E-state index in [2.05, 4.69) is 0 Å². The SMILES string of the molecule is NC1(C(=O)O)CCN(Cc2ccc3c(c2)OCO3)C1. The van der Waals surface area contributed by atoms with Gasteiger partial charge in [0.05, 0.1) is 0 Å². The first-order chi connectivity index (χ1) is 9.07. The number of carboxylic acid groups (broad SMARTS) is 1. The number of aliphatic carboxylic acids is 1. The second-order valence-corrected chi connectivity index (χ2v) is 5.11. The predicted octanol–water partition coefficient (Wildman–Crippen LogP) is 0.403. The van der Waals surface area contributed by atoms with Crippen molar-refractivity contribution in [2.45, 2.75) is 18.5 Å². The summed E-state index contributed by atoms with van der Waals surface area (Å²) in [6.45, 7) is 1.99. The highest BCUT2D eigenvalue weighted by atomic mass is 16.7. The third-order valence-corrected chi connectivity index (χ3v) is 3.65. The molecule has 102 valence electrons. The number of fused-ring (bicyclic) bond motifs is 1. The first kappa shape index (κ1) is 12.3. The van der Waals surface area contributed by atoms with Crippen LogP contribution in [0.3, 0.4) is 0 Å². The van der Waals surface area contributed by atoms with Crippen molar-refractivity contribution in [3.8, 4) is 11.5 Å². The number of carboxylic acids is 1. The van der Waals surface area contributed by atoms with Gasteiger partial charge >= 0.3 is 5.97 Å². The molecule has 19 heavy (non-hydrogen) atoms. The third-order valence-electron chi connectivity index (χ3n) is 3.65. The molecular formula is C13H16N2O4. The van der Waals surface area contributed by atoms with E-state index in [0.717, 1.165) is 17.1 Å². The van der Waals surface area contributed by atoms with Crippen LogP contribution in [0.4, 0.5) is 0 Å². The molecule has 0 saturated carbocycles. The summed E-state index contributed by atoms with van der Waals surface area (Å²) in [5.74, 6) is 0.568. The van der Waals surface area contributed by atoms with Crippen LogP contribution in [0.25, 0.3) is 0 Å². The van der Waals surface area contributed by atoms with Crippen LogP contribution in [-0.2, 0) is 11.3 Å². The van der Waals surface area contributed by atoms with E-state index in [1.165, 1.54) is 0 Å². The molecule has 1 atom stereocenters. The Balaban J connectivity index is 1.68. The maximum absolute atomic E-state index is 11.1.